The van der Waals surface area contributed by atoms with Gasteiger partial charge in [-0.05, 0) is 25.1 Å². The van der Waals surface area contributed by atoms with Gasteiger partial charge in [0.05, 0.1) is 7.11 Å². The van der Waals surface area contributed by atoms with Gasteiger partial charge >= 0.3 is 0 Å². The molecular formula is C19H21CoN2O-. The van der Waals surface area contributed by atoms with Crippen LogP contribution in [0.5, 0.6) is 5.75 Å². The van der Waals surface area contributed by atoms with Crippen LogP contribution in [0.1, 0.15) is 11.1 Å². The van der Waals surface area contributed by atoms with Crippen LogP contribution in [0.3, 0.4) is 0 Å². The van der Waals surface area contributed by atoms with Crippen LogP contribution >= 0.6 is 0 Å². The molecule has 0 aliphatic carbocycles. The van der Waals surface area contributed by atoms with Gasteiger partial charge in [0.1, 0.15) is 0 Å². The molecule has 3 nitrogen and oxygen atoms in total. The number of methoxy groups -OCH3 is 1. The van der Waals surface area contributed by atoms with Crippen LogP contribution in [0, 0.1) is 6.07 Å². The zero-order chi connectivity index (χ0) is 15.4. The van der Waals surface area contributed by atoms with Gasteiger partial charge < -0.3 is 14.6 Å². The number of hydrogen-bond acceptors (Lipinski definition) is 2. The first-order valence-electron chi connectivity index (χ1n) is 7.55. The van der Waals surface area contributed by atoms with E-state index in [-0.39, 0.29) is 16.8 Å². The van der Waals surface area contributed by atoms with Crippen LogP contribution in [0.4, 0.5) is 0 Å². The summed E-state index contributed by atoms with van der Waals surface area (Å²) in [4.78, 5) is 5.65. The second kappa shape index (κ2) is 8.20. The van der Waals surface area contributed by atoms with E-state index < -0.39 is 0 Å². The van der Waals surface area contributed by atoms with Crippen molar-refractivity contribution in [2.75, 3.05) is 20.7 Å². The summed E-state index contributed by atoms with van der Waals surface area (Å²) in [6.07, 6.45) is 3.15. The van der Waals surface area contributed by atoms with Gasteiger partial charge in [-0.3, -0.25) is 0 Å². The summed E-state index contributed by atoms with van der Waals surface area (Å²) in [6.45, 7) is 1.88. The van der Waals surface area contributed by atoms with Crippen LogP contribution < -0.4 is 4.74 Å². The van der Waals surface area contributed by atoms with E-state index in [0.29, 0.717) is 0 Å². The fourth-order valence-corrected chi connectivity index (χ4v) is 2.72. The molecule has 1 aromatic heterocycles. The standard InChI is InChI=1S/C19H21N2O.Co/c1-21(14-15-6-5-7-17(12-15)22-2)11-10-16-13-20-19-9-4-3-8-18(16)19;/h3-9,13,20H,10-11,14H2,1-2H3;/q-1;. The Balaban J connectivity index is 0.00000192. The molecule has 0 spiro atoms. The van der Waals surface area contributed by atoms with Crippen LogP contribution in [0.25, 0.3) is 10.9 Å². The minimum atomic E-state index is 0. The van der Waals surface area contributed by atoms with E-state index >= 15 is 0 Å². The van der Waals surface area contributed by atoms with Crippen LogP contribution in [0.2, 0.25) is 0 Å². The van der Waals surface area contributed by atoms with Gasteiger partial charge in [0.25, 0.3) is 0 Å². The summed E-state index contributed by atoms with van der Waals surface area (Å²) >= 11 is 0. The summed E-state index contributed by atoms with van der Waals surface area (Å²) in [5, 5.41) is 1.32. The largest absolute Gasteiger partial charge is 0.523 e. The molecule has 3 rings (SSSR count). The number of para-hydroxylation sites is 1. The van der Waals surface area contributed by atoms with Gasteiger partial charge in [-0.15, -0.1) is 17.7 Å². The summed E-state index contributed by atoms with van der Waals surface area (Å²) < 4.78 is 5.23. The quantitative estimate of drug-likeness (QED) is 0.686. The van der Waals surface area contributed by atoms with Crippen molar-refractivity contribution in [3.05, 3.63) is 65.9 Å². The maximum absolute atomic E-state index is 5.23. The Morgan fingerprint density at radius 1 is 1.13 bits per heavy atom. The first-order chi connectivity index (χ1) is 10.8. The average molecular weight is 352 g/mol. The number of aromatic nitrogens is 1. The molecule has 0 aliphatic rings. The Bertz CT molecular complexity index is 754. The van der Waals surface area contributed by atoms with E-state index in [9.17, 15) is 0 Å². The van der Waals surface area contributed by atoms with Crippen molar-refractivity contribution in [2.45, 2.75) is 13.0 Å². The molecule has 1 N–H and O–H groups in total. The third-order valence-electron chi connectivity index (χ3n) is 3.93. The number of rotatable bonds is 6. The van der Waals surface area contributed by atoms with Gasteiger partial charge in [-0.1, -0.05) is 18.2 Å². The predicted molar refractivity (Wildman–Crippen MR) is 90.2 cm³/mol. The monoisotopic (exact) mass is 352 g/mol. The maximum Gasteiger partial charge on any atom is 0.0743 e. The van der Waals surface area contributed by atoms with E-state index in [1.54, 1.807) is 7.11 Å². The number of benzene rings is 2. The molecule has 0 aliphatic heterocycles. The average Bonchev–Trinajstić information content (AvgIpc) is 2.96. The van der Waals surface area contributed by atoms with E-state index in [2.05, 4.69) is 59.5 Å². The summed E-state index contributed by atoms with van der Waals surface area (Å²) in [7, 11) is 3.82. The zero-order valence-electron chi connectivity index (χ0n) is 13.4. The number of aromatic amines is 1. The number of fused-ring (bicyclic) bond motifs is 1. The number of likely N-dealkylation sites (N-methyl/N-ethyl adjacent to an activating group) is 1. The molecule has 0 saturated carbocycles. The van der Waals surface area contributed by atoms with Crippen LogP contribution in [-0.4, -0.2) is 30.6 Å². The van der Waals surface area contributed by atoms with Crippen molar-refractivity contribution in [1.29, 1.82) is 0 Å². The van der Waals surface area contributed by atoms with Crippen molar-refractivity contribution in [1.82, 2.24) is 9.88 Å². The Kier molecular flexibility index (Phi) is 6.27. The van der Waals surface area contributed by atoms with Crippen molar-refractivity contribution in [3.8, 4) is 5.75 Å². The smallest absolute Gasteiger partial charge is 0.0743 e. The van der Waals surface area contributed by atoms with Gasteiger partial charge in [0, 0.05) is 52.7 Å². The van der Waals surface area contributed by atoms with Crippen molar-refractivity contribution >= 4 is 10.9 Å². The molecule has 123 valence electrons. The fourth-order valence-electron chi connectivity index (χ4n) is 2.72. The number of hydrogen-bond donors (Lipinski definition) is 1. The molecule has 0 atom stereocenters. The molecular weight excluding hydrogens is 331 g/mol. The van der Waals surface area contributed by atoms with Gasteiger partial charge in [0.2, 0.25) is 0 Å². The Hall–Kier alpha value is -1.75. The van der Waals surface area contributed by atoms with E-state index in [1.807, 2.05) is 12.1 Å². The number of ether oxygens (including phenoxy) is 1. The molecule has 1 radical (unpaired) electrons. The molecule has 0 saturated heterocycles. The minimum absolute atomic E-state index is 0. The second-order valence-electron chi connectivity index (χ2n) is 5.59. The van der Waals surface area contributed by atoms with Crippen molar-refractivity contribution in [2.24, 2.45) is 0 Å². The molecule has 0 bridgehead atoms. The maximum atomic E-state index is 5.23. The Morgan fingerprint density at radius 2 is 1.96 bits per heavy atom. The topological polar surface area (TPSA) is 28.3 Å². The van der Waals surface area contributed by atoms with E-state index in [0.717, 1.165) is 30.8 Å². The zero-order valence-corrected chi connectivity index (χ0v) is 14.5. The van der Waals surface area contributed by atoms with E-state index in [1.165, 1.54) is 16.5 Å². The molecule has 3 aromatic rings. The Morgan fingerprint density at radius 3 is 2.78 bits per heavy atom. The molecule has 0 unspecified atom stereocenters. The van der Waals surface area contributed by atoms with Crippen molar-refractivity contribution in [3.63, 3.8) is 0 Å². The number of nitrogens with zero attached hydrogens (tertiary/aromatic N) is 1. The van der Waals surface area contributed by atoms with E-state index in [4.69, 9.17) is 4.74 Å². The number of H-pyrrole nitrogens is 1. The summed E-state index contributed by atoms with van der Waals surface area (Å²) in [5.74, 6) is 0.794. The van der Waals surface area contributed by atoms with Crippen LogP contribution in [-0.2, 0) is 29.7 Å². The minimum Gasteiger partial charge on any atom is -0.523 e. The first-order valence-corrected chi connectivity index (χ1v) is 7.55. The third kappa shape index (κ3) is 4.38. The van der Waals surface area contributed by atoms with Gasteiger partial charge in [-0.2, -0.15) is 12.1 Å². The third-order valence-corrected chi connectivity index (χ3v) is 3.93. The molecule has 0 amide bonds. The van der Waals surface area contributed by atoms with Gasteiger partial charge in [-0.25, -0.2) is 0 Å². The molecule has 1 heterocycles. The second-order valence-corrected chi connectivity index (χ2v) is 5.59. The van der Waals surface area contributed by atoms with Crippen LogP contribution in [0.15, 0.2) is 48.7 Å². The molecule has 4 heteroatoms. The predicted octanol–water partition coefficient (Wildman–Crippen LogP) is 3.65. The normalized spacial score (nSPS) is 10.7. The summed E-state index contributed by atoms with van der Waals surface area (Å²) in [6, 6.07) is 17.8. The SMILES string of the molecule is COc1[c-]c(CN(C)CCc2c[nH]c3ccccc23)ccc1.[Co]. The molecule has 2 aromatic carbocycles. The molecule has 0 fully saturated rings. The Labute approximate surface area is 147 Å². The number of nitrogens with one attached hydrogen (secondary N) is 1. The molecule has 23 heavy (non-hydrogen) atoms. The summed E-state index contributed by atoms with van der Waals surface area (Å²) in [5.41, 5.74) is 3.74. The van der Waals surface area contributed by atoms with Gasteiger partial charge in [0.15, 0.2) is 0 Å². The first kappa shape index (κ1) is 17.6. The fraction of sp³-hybridized carbons (Fsp3) is 0.263. The van der Waals surface area contributed by atoms with Crippen molar-refractivity contribution < 1.29 is 21.5 Å².